The third-order valence-electron chi connectivity index (χ3n) is 12.7. The van der Waals surface area contributed by atoms with Crippen LogP contribution in [0.4, 0.5) is 0 Å². The molecule has 0 unspecified atom stereocenters. The lowest BCUT2D eigenvalue weighted by molar-refractivity contribution is -0.160. The molecule has 4 aromatic rings. The maximum atomic E-state index is 15.1. The van der Waals surface area contributed by atoms with Crippen molar-refractivity contribution in [2.24, 2.45) is 5.41 Å². The zero-order chi connectivity index (χ0) is 51.9. The van der Waals surface area contributed by atoms with Crippen molar-refractivity contribution in [1.29, 1.82) is 0 Å². The smallest absolute Gasteiger partial charge is 0.330 e. The highest BCUT2D eigenvalue weighted by Crippen LogP contribution is 2.55. The molecule has 368 valence electrons. The first-order valence-electron chi connectivity index (χ1n) is 22.9. The molecule has 0 fully saturated rings. The molecule has 4 aromatic carbocycles. The van der Waals surface area contributed by atoms with Crippen molar-refractivity contribution in [3.05, 3.63) is 150 Å². The van der Waals surface area contributed by atoms with Gasteiger partial charge in [-0.25, -0.2) is 4.79 Å². The Hall–Kier alpha value is -5.83. The summed E-state index contributed by atoms with van der Waals surface area (Å²) in [6, 6.07) is 14.1. The second kappa shape index (κ2) is 22.7. The van der Waals surface area contributed by atoms with Crippen molar-refractivity contribution in [1.82, 2.24) is 0 Å². The van der Waals surface area contributed by atoms with Gasteiger partial charge in [-0.05, 0) is 134 Å². The van der Waals surface area contributed by atoms with Crippen LogP contribution in [0.3, 0.4) is 0 Å². The van der Waals surface area contributed by atoms with Crippen molar-refractivity contribution in [2.45, 2.75) is 109 Å². The van der Waals surface area contributed by atoms with Crippen LogP contribution < -0.4 is 0 Å². The standard InChI is InChI=1S/C55H66O12P2/c1-15-44(56)65-29-55(16-2,30-66-45(57)17-19-68(63,51(59)47-36(7)21-32(3)22-37(47)8)52(60)48-38(9)23-33(4)24-39(48)10)31-67-46(58)18-20-69(64,53(61)49-40(11)25-34(5)26-41(49)12)54(62)50-42(13)27-35(6)28-43(50)14/h15,21-28H,1,16-20,29-31H2,2-14H3. The van der Waals surface area contributed by atoms with Crippen molar-refractivity contribution in [3.8, 4) is 0 Å². The van der Waals surface area contributed by atoms with Gasteiger partial charge in [-0.1, -0.05) is 84.3 Å². The first-order valence-corrected chi connectivity index (χ1v) is 26.7. The Bertz CT molecular complexity index is 2450. The number of carbonyl (C=O) groups excluding carboxylic acids is 7. The zero-order valence-electron chi connectivity index (χ0n) is 42.4. The summed E-state index contributed by atoms with van der Waals surface area (Å²) in [6.45, 7) is 24.7. The topological polar surface area (TPSA) is 181 Å². The average molecular weight is 981 g/mol. The van der Waals surface area contributed by atoms with Crippen molar-refractivity contribution < 1.29 is 56.9 Å². The zero-order valence-corrected chi connectivity index (χ0v) is 44.1. The molecule has 12 nitrogen and oxygen atoms in total. The SMILES string of the molecule is C=CC(=O)OCC(CC)(COC(=O)CCP(=O)(C(=O)c1c(C)cc(C)cc1C)C(=O)c1c(C)cc(C)cc1C)COC(=O)CCP(=O)(C(=O)c1c(C)cc(C)cc1C)C(=O)c1c(C)cc(C)cc1C. The highest BCUT2D eigenvalue weighted by molar-refractivity contribution is 7.95. The fourth-order valence-electron chi connectivity index (χ4n) is 9.21. The van der Waals surface area contributed by atoms with Gasteiger partial charge in [0.25, 0.3) is 0 Å². The number of rotatable bonds is 22. The minimum absolute atomic E-state index is 0.110. The molecule has 0 radical (unpaired) electrons. The molecule has 0 atom stereocenters. The molecule has 0 saturated carbocycles. The molecule has 0 bridgehead atoms. The normalized spacial score (nSPS) is 11.7. The van der Waals surface area contributed by atoms with E-state index in [2.05, 4.69) is 6.58 Å². The van der Waals surface area contributed by atoms with Crippen LogP contribution >= 0.6 is 14.3 Å². The average Bonchev–Trinajstić information content (AvgIpc) is 3.25. The van der Waals surface area contributed by atoms with Crippen LogP contribution in [0.2, 0.25) is 0 Å². The first kappa shape index (κ1) is 55.8. The molecule has 69 heavy (non-hydrogen) atoms. The molecular formula is C55H66O12P2. The van der Waals surface area contributed by atoms with E-state index in [9.17, 15) is 33.6 Å². The molecule has 0 aliphatic carbocycles. The van der Waals surface area contributed by atoms with Gasteiger partial charge in [0.15, 0.2) is 0 Å². The van der Waals surface area contributed by atoms with E-state index in [1.54, 1.807) is 111 Å². The van der Waals surface area contributed by atoms with Crippen LogP contribution in [0.25, 0.3) is 0 Å². The van der Waals surface area contributed by atoms with E-state index in [1.165, 1.54) is 0 Å². The van der Waals surface area contributed by atoms with Crippen molar-refractivity contribution in [3.63, 3.8) is 0 Å². The van der Waals surface area contributed by atoms with Crippen LogP contribution in [0.1, 0.15) is 134 Å². The molecule has 14 heteroatoms. The quantitative estimate of drug-likeness (QED) is 0.0315. The van der Waals surface area contributed by atoms with Gasteiger partial charge in [-0.3, -0.25) is 28.8 Å². The predicted octanol–water partition coefficient (Wildman–Crippen LogP) is 11.8. The number of hydrogen-bond acceptors (Lipinski definition) is 12. The van der Waals surface area contributed by atoms with Crippen LogP contribution in [0.15, 0.2) is 61.2 Å². The van der Waals surface area contributed by atoms with Gasteiger partial charge < -0.3 is 23.3 Å². The van der Waals surface area contributed by atoms with Gasteiger partial charge in [0.1, 0.15) is 19.8 Å². The molecule has 0 aromatic heterocycles. The monoisotopic (exact) mass is 980 g/mol. The van der Waals surface area contributed by atoms with E-state index in [0.29, 0.717) is 44.5 Å². The molecule has 0 aliphatic rings. The van der Waals surface area contributed by atoms with E-state index in [4.69, 9.17) is 14.2 Å². The van der Waals surface area contributed by atoms with Crippen LogP contribution in [0.5, 0.6) is 0 Å². The largest absolute Gasteiger partial charge is 0.465 e. The lowest BCUT2D eigenvalue weighted by Crippen LogP contribution is -2.39. The van der Waals surface area contributed by atoms with Gasteiger partial charge >= 0.3 is 17.9 Å². The Morgan fingerprint density at radius 2 is 0.681 bits per heavy atom. The highest BCUT2D eigenvalue weighted by atomic mass is 31.2. The molecule has 0 N–H and O–H groups in total. The van der Waals surface area contributed by atoms with Crippen LogP contribution in [-0.4, -0.2) is 72.1 Å². The summed E-state index contributed by atoms with van der Waals surface area (Å²) in [5, 5.41) is 0. The van der Waals surface area contributed by atoms with E-state index < -0.39 is 105 Å². The Labute approximate surface area is 406 Å². The minimum Gasteiger partial charge on any atom is -0.465 e. The maximum absolute atomic E-state index is 15.1. The minimum atomic E-state index is -4.55. The number of carbonyl (C=O) groups is 7. The van der Waals surface area contributed by atoms with E-state index in [-0.39, 0.29) is 28.7 Å². The fraction of sp³-hybridized carbons (Fsp3) is 0.400. The Morgan fingerprint density at radius 1 is 0.449 bits per heavy atom. The number of esters is 3. The second-order valence-corrected chi connectivity index (χ2v) is 24.2. The Balaban J connectivity index is 1.61. The number of benzene rings is 4. The number of hydrogen-bond donors (Lipinski definition) is 0. The predicted molar refractivity (Wildman–Crippen MR) is 270 cm³/mol. The van der Waals surface area contributed by atoms with Crippen molar-refractivity contribution >= 4 is 54.3 Å². The van der Waals surface area contributed by atoms with Gasteiger partial charge in [-0.15, -0.1) is 0 Å². The van der Waals surface area contributed by atoms with Crippen LogP contribution in [-0.2, 0) is 37.7 Å². The fourth-order valence-corrected chi connectivity index (χ4v) is 14.2. The van der Waals surface area contributed by atoms with E-state index in [1.807, 2.05) is 27.7 Å². The summed E-state index contributed by atoms with van der Waals surface area (Å²) in [5.41, 5.74) is 3.58. The van der Waals surface area contributed by atoms with Gasteiger partial charge in [-0.2, -0.15) is 0 Å². The Morgan fingerprint density at radius 3 is 0.899 bits per heavy atom. The summed E-state index contributed by atoms with van der Waals surface area (Å²) in [4.78, 5) is 97.5. The lowest BCUT2D eigenvalue weighted by atomic mass is 9.88. The second-order valence-electron chi connectivity index (χ2n) is 18.7. The molecule has 0 heterocycles. The molecule has 4 rings (SSSR count). The number of ether oxygens (including phenoxy) is 3. The number of aryl methyl sites for hydroxylation is 12. The van der Waals surface area contributed by atoms with E-state index >= 15 is 9.13 Å². The maximum Gasteiger partial charge on any atom is 0.330 e. The molecule has 0 aliphatic heterocycles. The Kier molecular flexibility index (Phi) is 18.4. The third kappa shape index (κ3) is 12.7. The van der Waals surface area contributed by atoms with Gasteiger partial charge in [0.05, 0.1) is 18.3 Å². The molecule has 0 saturated heterocycles. The summed E-state index contributed by atoms with van der Waals surface area (Å²) < 4.78 is 47.0. The molecular weight excluding hydrogens is 915 g/mol. The summed E-state index contributed by atoms with van der Waals surface area (Å²) >= 11 is 0. The molecule has 0 spiro atoms. The summed E-state index contributed by atoms with van der Waals surface area (Å²) in [5.74, 6) is -2.66. The van der Waals surface area contributed by atoms with Gasteiger partial charge in [0.2, 0.25) is 36.4 Å². The van der Waals surface area contributed by atoms with E-state index in [0.717, 1.165) is 28.3 Å². The summed E-state index contributed by atoms with van der Waals surface area (Å²) in [6.07, 6.45) is -1.44. The summed E-state index contributed by atoms with van der Waals surface area (Å²) in [7, 11) is -9.11. The van der Waals surface area contributed by atoms with Crippen molar-refractivity contribution in [2.75, 3.05) is 32.1 Å². The van der Waals surface area contributed by atoms with Crippen LogP contribution in [0, 0.1) is 88.5 Å². The first-order chi connectivity index (χ1) is 32.1. The molecule has 0 amide bonds. The van der Waals surface area contributed by atoms with Gasteiger partial charge in [0, 0.05) is 40.7 Å². The lowest BCUT2D eigenvalue weighted by Gasteiger charge is -2.31. The third-order valence-corrected chi connectivity index (χ3v) is 17.9. The highest BCUT2D eigenvalue weighted by Gasteiger charge is 2.45.